The summed E-state index contributed by atoms with van der Waals surface area (Å²) in [7, 11) is -3.45. The van der Waals surface area contributed by atoms with Crippen LogP contribution in [0, 0.1) is 5.82 Å². The van der Waals surface area contributed by atoms with E-state index in [-0.39, 0.29) is 17.5 Å². The lowest BCUT2D eigenvalue weighted by molar-refractivity contribution is 0.216. The molecule has 6 nitrogen and oxygen atoms in total. The molecule has 0 bridgehead atoms. The van der Waals surface area contributed by atoms with Gasteiger partial charge in [0.05, 0.1) is 11.7 Å². The van der Waals surface area contributed by atoms with Crippen molar-refractivity contribution in [2.24, 2.45) is 0 Å². The van der Waals surface area contributed by atoms with Crippen LogP contribution in [0.25, 0.3) is 0 Å². The number of rotatable bonds is 6. The third-order valence-electron chi connectivity index (χ3n) is 4.54. The molecule has 1 aromatic heterocycles. The van der Waals surface area contributed by atoms with Crippen molar-refractivity contribution in [2.45, 2.75) is 18.1 Å². The maximum Gasteiger partial charge on any atom is 0.232 e. The fourth-order valence-electron chi connectivity index (χ4n) is 2.99. The number of aromatic nitrogens is 2. The molecule has 2 aromatic carbocycles. The standard InChI is InChI=1S/C19H18FN3O3S/c20-17-8-6-15(7-9-17)13-27(24,25)23-11-16(12-23)19-21-18(22-26-19)10-14-4-2-1-3-5-14/h1-9,16H,10-13H2. The molecule has 0 spiro atoms. The molecule has 0 saturated carbocycles. The van der Waals surface area contributed by atoms with Crippen molar-refractivity contribution in [1.29, 1.82) is 0 Å². The van der Waals surface area contributed by atoms with E-state index in [1.165, 1.54) is 28.6 Å². The fourth-order valence-corrected chi connectivity index (χ4v) is 4.60. The van der Waals surface area contributed by atoms with Crippen molar-refractivity contribution in [1.82, 2.24) is 14.4 Å². The highest BCUT2D eigenvalue weighted by molar-refractivity contribution is 7.88. The van der Waals surface area contributed by atoms with Gasteiger partial charge in [0.2, 0.25) is 15.9 Å². The largest absolute Gasteiger partial charge is 0.339 e. The van der Waals surface area contributed by atoms with Gasteiger partial charge in [-0.1, -0.05) is 47.6 Å². The second-order valence-corrected chi connectivity index (χ2v) is 8.58. The SMILES string of the molecule is O=S(=O)(Cc1ccc(F)cc1)N1CC(c2nc(Cc3ccccc3)no2)C1. The zero-order valence-electron chi connectivity index (χ0n) is 14.5. The highest BCUT2D eigenvalue weighted by Crippen LogP contribution is 2.29. The number of nitrogens with zero attached hydrogens (tertiary/aromatic N) is 3. The first-order valence-corrected chi connectivity index (χ1v) is 10.2. The highest BCUT2D eigenvalue weighted by atomic mass is 32.2. The first-order valence-electron chi connectivity index (χ1n) is 8.58. The Hall–Kier alpha value is -2.58. The van der Waals surface area contributed by atoms with E-state index < -0.39 is 10.0 Å². The molecule has 3 aromatic rings. The molecule has 0 N–H and O–H groups in total. The average molecular weight is 387 g/mol. The monoisotopic (exact) mass is 387 g/mol. The summed E-state index contributed by atoms with van der Waals surface area (Å²) in [5, 5.41) is 3.99. The Morgan fingerprint density at radius 3 is 2.44 bits per heavy atom. The topological polar surface area (TPSA) is 76.3 Å². The zero-order valence-corrected chi connectivity index (χ0v) is 15.3. The van der Waals surface area contributed by atoms with Gasteiger partial charge >= 0.3 is 0 Å². The predicted octanol–water partition coefficient (Wildman–Crippen LogP) is 2.73. The highest BCUT2D eigenvalue weighted by Gasteiger charge is 2.39. The Morgan fingerprint density at radius 1 is 1.04 bits per heavy atom. The first kappa shape index (κ1) is 17.8. The molecule has 0 atom stereocenters. The van der Waals surface area contributed by atoms with Gasteiger partial charge in [0.1, 0.15) is 5.82 Å². The normalized spacial score (nSPS) is 15.6. The summed E-state index contributed by atoms with van der Waals surface area (Å²) in [6, 6.07) is 15.3. The molecule has 1 saturated heterocycles. The van der Waals surface area contributed by atoms with E-state index in [9.17, 15) is 12.8 Å². The number of benzene rings is 2. The summed E-state index contributed by atoms with van der Waals surface area (Å²) in [6.45, 7) is 0.632. The summed E-state index contributed by atoms with van der Waals surface area (Å²) >= 11 is 0. The second kappa shape index (κ2) is 7.21. The third-order valence-corrected chi connectivity index (χ3v) is 6.32. The van der Waals surface area contributed by atoms with Crippen molar-refractivity contribution < 1.29 is 17.3 Å². The molecule has 2 heterocycles. The molecule has 140 valence electrons. The lowest BCUT2D eigenvalue weighted by Crippen LogP contribution is -2.48. The maximum absolute atomic E-state index is 13.0. The average Bonchev–Trinajstić information content (AvgIpc) is 3.04. The molecule has 1 aliphatic rings. The number of hydrogen-bond donors (Lipinski definition) is 0. The van der Waals surface area contributed by atoms with Gasteiger partial charge in [-0.2, -0.15) is 9.29 Å². The Labute approximate surface area is 156 Å². The molecule has 0 unspecified atom stereocenters. The van der Waals surface area contributed by atoms with Crippen molar-refractivity contribution in [3.05, 3.63) is 83.3 Å². The third kappa shape index (κ3) is 4.06. The van der Waals surface area contributed by atoms with Gasteiger partial charge in [0.15, 0.2) is 5.82 Å². The Bertz CT molecular complexity index is 1010. The summed E-state index contributed by atoms with van der Waals surface area (Å²) in [5.41, 5.74) is 1.64. The molecule has 27 heavy (non-hydrogen) atoms. The minimum atomic E-state index is -3.45. The van der Waals surface area contributed by atoms with Crippen LogP contribution in [0.1, 0.15) is 28.8 Å². The van der Waals surface area contributed by atoms with E-state index in [2.05, 4.69) is 10.1 Å². The van der Waals surface area contributed by atoms with E-state index in [1.807, 2.05) is 30.3 Å². The molecule has 8 heteroatoms. The Balaban J connectivity index is 1.35. The van der Waals surface area contributed by atoms with Gasteiger partial charge in [-0.25, -0.2) is 12.8 Å². The van der Waals surface area contributed by atoms with Crippen LogP contribution in [0.2, 0.25) is 0 Å². The summed E-state index contributed by atoms with van der Waals surface area (Å²) in [6.07, 6.45) is 0.573. The van der Waals surface area contributed by atoms with Crippen LogP contribution in [0.5, 0.6) is 0 Å². The molecular weight excluding hydrogens is 369 g/mol. The van der Waals surface area contributed by atoms with Crippen molar-refractivity contribution in [2.75, 3.05) is 13.1 Å². The van der Waals surface area contributed by atoms with Crippen molar-refractivity contribution in [3.8, 4) is 0 Å². The van der Waals surface area contributed by atoms with Crippen molar-refractivity contribution in [3.63, 3.8) is 0 Å². The number of hydrogen-bond acceptors (Lipinski definition) is 5. The molecule has 0 radical (unpaired) electrons. The lowest BCUT2D eigenvalue weighted by Gasteiger charge is -2.35. The van der Waals surface area contributed by atoms with E-state index in [0.29, 0.717) is 36.8 Å². The van der Waals surface area contributed by atoms with Crippen LogP contribution in [-0.2, 0) is 22.2 Å². The number of halogens is 1. The molecular formula is C19H18FN3O3S. The predicted molar refractivity (Wildman–Crippen MR) is 96.9 cm³/mol. The summed E-state index contributed by atoms with van der Waals surface area (Å²) < 4.78 is 44.6. The van der Waals surface area contributed by atoms with E-state index in [4.69, 9.17) is 4.52 Å². The van der Waals surface area contributed by atoms with Gasteiger partial charge in [-0.15, -0.1) is 0 Å². The van der Waals surface area contributed by atoms with E-state index in [1.54, 1.807) is 0 Å². The van der Waals surface area contributed by atoms with Crippen LogP contribution >= 0.6 is 0 Å². The van der Waals surface area contributed by atoms with Gasteiger partial charge in [-0.3, -0.25) is 0 Å². The quantitative estimate of drug-likeness (QED) is 0.650. The first-order chi connectivity index (χ1) is 13.0. The smallest absolute Gasteiger partial charge is 0.232 e. The maximum atomic E-state index is 13.0. The van der Waals surface area contributed by atoms with Crippen LogP contribution in [-0.4, -0.2) is 36.0 Å². The second-order valence-electron chi connectivity index (χ2n) is 6.61. The van der Waals surface area contributed by atoms with Gasteiger partial charge in [0.25, 0.3) is 0 Å². The lowest BCUT2D eigenvalue weighted by atomic mass is 10.0. The molecule has 0 aliphatic carbocycles. The number of sulfonamides is 1. The molecule has 0 amide bonds. The van der Waals surface area contributed by atoms with Gasteiger partial charge in [-0.05, 0) is 23.3 Å². The molecule has 4 rings (SSSR count). The Morgan fingerprint density at radius 2 is 1.74 bits per heavy atom. The fraction of sp³-hybridized carbons (Fsp3) is 0.263. The van der Waals surface area contributed by atoms with Gasteiger partial charge in [0, 0.05) is 19.5 Å². The van der Waals surface area contributed by atoms with Gasteiger partial charge < -0.3 is 4.52 Å². The van der Waals surface area contributed by atoms with Crippen LogP contribution in [0.15, 0.2) is 59.1 Å². The minimum absolute atomic E-state index is 0.0926. The summed E-state index contributed by atoms with van der Waals surface area (Å²) in [5.74, 6) is 0.425. The van der Waals surface area contributed by atoms with E-state index >= 15 is 0 Å². The van der Waals surface area contributed by atoms with Crippen LogP contribution in [0.3, 0.4) is 0 Å². The Kier molecular flexibility index (Phi) is 4.75. The zero-order chi connectivity index (χ0) is 18.9. The van der Waals surface area contributed by atoms with Crippen molar-refractivity contribution >= 4 is 10.0 Å². The molecule has 1 aliphatic heterocycles. The van der Waals surface area contributed by atoms with Crippen LogP contribution < -0.4 is 0 Å². The van der Waals surface area contributed by atoms with E-state index in [0.717, 1.165) is 5.56 Å². The summed E-state index contributed by atoms with van der Waals surface area (Å²) in [4.78, 5) is 4.40. The minimum Gasteiger partial charge on any atom is -0.339 e. The molecule has 1 fully saturated rings. The van der Waals surface area contributed by atoms with Crippen LogP contribution in [0.4, 0.5) is 4.39 Å².